The number of carbonyl (C=O) groups excluding carboxylic acids is 4. The molecule has 7 atom stereocenters. The van der Waals surface area contributed by atoms with E-state index in [0.717, 1.165) is 27.5 Å². The number of aliphatic hydroxyl groups is 2. The summed E-state index contributed by atoms with van der Waals surface area (Å²) in [6.45, 7) is -0.151. The Bertz CT molecular complexity index is 2990. The third-order valence-electron chi connectivity index (χ3n) is 10.5. The number of nitrogens with zero attached hydrogens (tertiary/aromatic N) is 5. The number of rotatable bonds is 22. The van der Waals surface area contributed by atoms with Crippen LogP contribution in [0.1, 0.15) is 36.9 Å². The van der Waals surface area contributed by atoms with Crippen LogP contribution >= 0.6 is 35.2 Å². The molecule has 0 radical (unpaired) electrons. The molecule has 3 amide bonds. The van der Waals surface area contributed by atoms with Gasteiger partial charge in [-0.2, -0.15) is 4.31 Å². The molecular weight excluding hydrogens is 1040 g/mol. The monoisotopic (exact) mass is 1080 g/mol. The van der Waals surface area contributed by atoms with E-state index in [2.05, 4.69) is 34.4 Å². The van der Waals surface area contributed by atoms with E-state index in [-0.39, 0.29) is 59.2 Å². The van der Waals surface area contributed by atoms with Crippen molar-refractivity contribution in [1.29, 1.82) is 0 Å². The number of hydrogen-bond acceptors (Lipinski definition) is 20. The first-order chi connectivity index (χ1) is 33.8. The smallest absolute Gasteiger partial charge is 0.478 e. The average Bonchev–Trinajstić information content (AvgIpc) is 3.88. The van der Waals surface area contributed by atoms with Crippen molar-refractivity contribution in [1.82, 2.24) is 30.2 Å². The molecule has 5 aromatic rings. The molecule has 2 aromatic heterocycles. The van der Waals surface area contributed by atoms with Gasteiger partial charge in [0, 0.05) is 36.1 Å². The Balaban J connectivity index is 0.944. The maximum atomic E-state index is 13.8. The van der Waals surface area contributed by atoms with Gasteiger partial charge in [0.1, 0.15) is 36.3 Å². The molecule has 3 heterocycles. The summed E-state index contributed by atoms with van der Waals surface area (Å²) in [4.78, 5) is 117. The van der Waals surface area contributed by atoms with Crippen LogP contribution in [-0.4, -0.2) is 140 Å². The number of carbonyl (C=O) groups is 5. The van der Waals surface area contributed by atoms with Gasteiger partial charge in [-0.15, -0.1) is 0 Å². The van der Waals surface area contributed by atoms with E-state index < -0.39 is 102 Å². The van der Waals surface area contributed by atoms with E-state index in [9.17, 15) is 72.6 Å². The molecule has 0 bridgehead atoms. The Morgan fingerprint density at radius 3 is 2.29 bits per heavy atom. The first-order valence-electron chi connectivity index (χ1n) is 21.0. The molecule has 1 aliphatic heterocycles. The van der Waals surface area contributed by atoms with E-state index >= 15 is 0 Å². The molecule has 1 aliphatic rings. The van der Waals surface area contributed by atoms with Gasteiger partial charge in [-0.3, -0.25) is 42.2 Å². The number of thioether (sulfide) groups is 1. The highest BCUT2D eigenvalue weighted by molar-refractivity contribution is 8.15. The largest absolute Gasteiger partial charge is 0.481 e. The normalized spacial score (nSPS) is 19.3. The number of anilines is 3. The number of carboxylic acids is 1. The molecule has 28 nitrogen and oxygen atoms in total. The summed E-state index contributed by atoms with van der Waals surface area (Å²) in [5.41, 5.74) is 4.15. The van der Waals surface area contributed by atoms with Gasteiger partial charge < -0.3 is 56.0 Å². The zero-order chi connectivity index (χ0) is 52.8. The van der Waals surface area contributed by atoms with Crippen LogP contribution in [0.2, 0.25) is 0 Å². The molecule has 11 N–H and O–H groups in total. The fraction of sp³-hybridized carbons (Fsp3) is 0.350. The summed E-state index contributed by atoms with van der Waals surface area (Å²) in [6, 6.07) is 17.8. The number of ether oxygens (including phenoxy) is 1. The van der Waals surface area contributed by atoms with Gasteiger partial charge in [-0.25, -0.2) is 33.4 Å². The second kappa shape index (κ2) is 23.1. The highest BCUT2D eigenvalue weighted by atomic mass is 32.2. The fourth-order valence-corrected chi connectivity index (χ4v) is 10.5. The number of nitrogens with two attached hydrogens (primary N) is 1. The summed E-state index contributed by atoms with van der Waals surface area (Å²) in [5.74, 6) is -4.18. The maximum Gasteiger partial charge on any atom is 0.481 e. The summed E-state index contributed by atoms with van der Waals surface area (Å²) in [5, 5.41) is 36.7. The number of fused-ring (bicyclic) bond motifs is 2. The van der Waals surface area contributed by atoms with E-state index in [0.29, 0.717) is 17.1 Å². The zero-order valence-electron chi connectivity index (χ0n) is 37.6. The number of imidazole rings is 1. The number of hydrogen-bond donors (Lipinski definition) is 10. The highest BCUT2D eigenvalue weighted by Crippen LogP contribution is 2.61. The first-order valence-corrected chi connectivity index (χ1v) is 26.5. The minimum absolute atomic E-state index is 0.00813. The second-order valence-electron chi connectivity index (χ2n) is 16.2. The van der Waals surface area contributed by atoms with Crippen molar-refractivity contribution in [2.24, 2.45) is 5.41 Å². The number of phosphoric acid groups is 3. The fourth-order valence-electron chi connectivity index (χ4n) is 7.03. The molecule has 388 valence electrons. The number of carboxylic acid groups (broad SMARTS) is 1. The van der Waals surface area contributed by atoms with Crippen LogP contribution in [0.15, 0.2) is 79.4 Å². The zero-order valence-corrected chi connectivity index (χ0v) is 41.1. The van der Waals surface area contributed by atoms with Crippen LogP contribution in [0.25, 0.3) is 21.9 Å². The summed E-state index contributed by atoms with van der Waals surface area (Å²) < 4.78 is 62.5. The molecule has 7 unspecified atom stereocenters. The van der Waals surface area contributed by atoms with Crippen LogP contribution in [0.5, 0.6) is 0 Å². The Kier molecular flexibility index (Phi) is 17.9. The van der Waals surface area contributed by atoms with Crippen LogP contribution in [0.4, 0.5) is 17.2 Å². The van der Waals surface area contributed by atoms with E-state index in [1.165, 1.54) is 38.1 Å². The minimum Gasteiger partial charge on any atom is -0.478 e. The number of aromatic nitrogens is 4. The lowest BCUT2D eigenvalue weighted by molar-refractivity contribution is -0.137. The molecule has 0 saturated carbocycles. The van der Waals surface area contributed by atoms with Gasteiger partial charge in [-0.1, -0.05) is 74.1 Å². The van der Waals surface area contributed by atoms with Gasteiger partial charge in [0.15, 0.2) is 17.7 Å². The molecule has 32 heteroatoms. The van der Waals surface area contributed by atoms with E-state index in [1.54, 1.807) is 42.5 Å². The number of nitrogens with one attached hydrogen (secondary N) is 2. The lowest BCUT2D eigenvalue weighted by atomic mass is 9.87. The van der Waals surface area contributed by atoms with Crippen LogP contribution in [0.3, 0.4) is 0 Å². The van der Waals surface area contributed by atoms with Crippen molar-refractivity contribution < 1.29 is 95.2 Å². The summed E-state index contributed by atoms with van der Waals surface area (Å²) >= 11 is 0.577. The van der Waals surface area contributed by atoms with Crippen molar-refractivity contribution in [2.75, 3.05) is 42.7 Å². The molecular formula is C40H47N8O20P3S. The number of nitrogen functional groups attached to an aromatic ring is 1. The van der Waals surface area contributed by atoms with Crippen molar-refractivity contribution >= 4 is 103 Å². The number of benzene rings is 3. The summed E-state index contributed by atoms with van der Waals surface area (Å²) in [6.07, 6.45) is -7.34. The number of para-hydroxylation sites is 1. The van der Waals surface area contributed by atoms with Gasteiger partial charge in [0.05, 0.1) is 36.5 Å². The van der Waals surface area contributed by atoms with Gasteiger partial charge >= 0.3 is 35.3 Å². The van der Waals surface area contributed by atoms with Gasteiger partial charge in [0.2, 0.25) is 11.8 Å². The molecule has 0 aliphatic carbocycles. The Morgan fingerprint density at radius 2 is 1.57 bits per heavy atom. The first kappa shape index (κ1) is 55.7. The minimum atomic E-state index is -5.64. The predicted octanol–water partition coefficient (Wildman–Crippen LogP) is 1.88. The number of phosphoric ester groups is 3. The number of aromatic carboxylic acids is 1. The van der Waals surface area contributed by atoms with Crippen molar-refractivity contribution in [3.8, 4) is 0 Å². The van der Waals surface area contributed by atoms with Crippen molar-refractivity contribution in [3.63, 3.8) is 0 Å². The van der Waals surface area contributed by atoms with Crippen molar-refractivity contribution in [3.05, 3.63) is 84.9 Å². The quantitative estimate of drug-likeness (QED) is 0.0269. The molecule has 1 saturated heterocycles. The second-order valence-corrected chi connectivity index (χ2v) is 21.5. The van der Waals surface area contributed by atoms with Crippen LogP contribution in [-0.2, 0) is 55.5 Å². The molecule has 0 spiro atoms. The lowest BCUT2D eigenvalue weighted by Gasteiger charge is -2.30. The Morgan fingerprint density at radius 1 is 0.903 bits per heavy atom. The van der Waals surface area contributed by atoms with Crippen molar-refractivity contribution in [2.45, 2.75) is 50.9 Å². The number of aliphatic hydroxyl groups excluding tert-OH is 2. The topological polar surface area (TPSA) is 421 Å². The van der Waals surface area contributed by atoms with Crippen LogP contribution < -0.4 is 21.3 Å². The SMILES string of the molecule is CC(C)(COP(=O)(O)OP(=O)(O)OCC1OC(n2cnc3c(N)ncnc32)C(O)C1OP(=O)(O)O)C(O)C(=O)NCCC(=O)NCCSC(=O)C(=O)N(c1ccccc1C(=O)O)c1cccc2ccccc12. The third-order valence-corrected chi connectivity index (χ3v) is 14.4. The molecule has 72 heavy (non-hydrogen) atoms. The predicted molar refractivity (Wildman–Crippen MR) is 252 cm³/mol. The number of amides is 3. The molecule has 6 rings (SSSR count). The van der Waals surface area contributed by atoms with Crippen LogP contribution in [0, 0.1) is 5.41 Å². The molecule has 1 fully saturated rings. The average molecular weight is 1080 g/mol. The van der Waals surface area contributed by atoms with E-state index in [1.807, 2.05) is 0 Å². The van der Waals surface area contributed by atoms with Gasteiger partial charge in [-0.05, 0) is 23.6 Å². The van der Waals surface area contributed by atoms with E-state index in [4.69, 9.17) is 19.5 Å². The standard InChI is InChI=1S/C40H47N8O20P3S/c1-40(2,19-65-71(62,63)68-70(60,61)64-18-27-31(67-69(57,58)59)30(50)37(66-27)47-21-46-29-33(41)44-20-45-34(29)47)32(51)35(52)43-15-14-28(49)42-16-17-72-39(56)36(53)48(26-12-6-5-11-24(26)38(54)55)25-13-7-9-22-8-3-4-10-23(22)25/h3-13,20-21,27,30-32,37,50-51H,14-19H2,1-2H3,(H,42,49)(H,43,52)(H,54,55)(H,60,61)(H,62,63)(H2,41,44,45)(H2,57,58,59). The van der Waals surface area contributed by atoms with Gasteiger partial charge in [0.25, 0.3) is 5.12 Å². The lowest BCUT2D eigenvalue weighted by Crippen LogP contribution is -2.46. The molecule has 3 aromatic carbocycles. The highest BCUT2D eigenvalue weighted by Gasteiger charge is 2.50. The maximum absolute atomic E-state index is 13.8. The Labute approximate surface area is 411 Å². The Hall–Kier alpha value is -5.58. The summed E-state index contributed by atoms with van der Waals surface area (Å²) in [7, 11) is -16.6. The third kappa shape index (κ3) is 13.9.